The minimum Gasteiger partial charge on any atom is -0.480 e. The summed E-state index contributed by atoms with van der Waals surface area (Å²) in [4.78, 5) is 33.2. The van der Waals surface area contributed by atoms with Gasteiger partial charge in [-0.3, -0.25) is 4.79 Å². The van der Waals surface area contributed by atoms with Crippen LogP contribution in [0, 0.1) is 0 Å². The maximum Gasteiger partial charge on any atom is 0.326 e. The van der Waals surface area contributed by atoms with Gasteiger partial charge >= 0.3 is 12.0 Å². The van der Waals surface area contributed by atoms with Gasteiger partial charge in [-0.05, 0) is 19.3 Å². The molecule has 7 heteroatoms. The third-order valence-corrected chi connectivity index (χ3v) is 3.22. The number of primary amides is 1. The summed E-state index contributed by atoms with van der Waals surface area (Å²) < 4.78 is 0. The van der Waals surface area contributed by atoms with Gasteiger partial charge in [0.1, 0.15) is 6.04 Å². The quantitative estimate of drug-likeness (QED) is 0.556. The van der Waals surface area contributed by atoms with E-state index in [1.165, 1.54) is 6.42 Å². The van der Waals surface area contributed by atoms with E-state index < -0.39 is 23.9 Å². The van der Waals surface area contributed by atoms with E-state index in [9.17, 15) is 14.4 Å². The number of carboxylic acid groups (broad SMARTS) is 1. The maximum atomic E-state index is 11.7. The predicted octanol–water partition coefficient (Wildman–Crippen LogP) is 0.337. The van der Waals surface area contributed by atoms with Gasteiger partial charge in [0.15, 0.2) is 0 Å². The molecule has 0 aromatic carbocycles. The van der Waals surface area contributed by atoms with Crippen LogP contribution in [0.1, 0.15) is 44.9 Å². The second-order valence-electron chi connectivity index (χ2n) is 4.85. The minimum atomic E-state index is -1.17. The lowest BCUT2D eigenvalue weighted by molar-refractivity contribution is -0.139. The third kappa shape index (κ3) is 6.08. The first-order valence-corrected chi connectivity index (χ1v) is 6.57. The molecule has 0 radical (unpaired) electrons. The molecule has 0 unspecified atom stereocenters. The monoisotopic (exact) mass is 271 g/mol. The maximum absolute atomic E-state index is 11.7. The van der Waals surface area contributed by atoms with Crippen molar-refractivity contribution in [3.05, 3.63) is 0 Å². The summed E-state index contributed by atoms with van der Waals surface area (Å²) in [7, 11) is 0. The number of urea groups is 1. The number of aliphatic carboxylic acids is 1. The van der Waals surface area contributed by atoms with Crippen LogP contribution in [0.4, 0.5) is 4.79 Å². The zero-order valence-electron chi connectivity index (χ0n) is 10.9. The van der Waals surface area contributed by atoms with Gasteiger partial charge in [-0.1, -0.05) is 19.3 Å². The zero-order valence-corrected chi connectivity index (χ0v) is 10.9. The van der Waals surface area contributed by atoms with E-state index in [2.05, 4.69) is 10.6 Å². The van der Waals surface area contributed by atoms with E-state index in [0.717, 1.165) is 25.7 Å². The first-order valence-electron chi connectivity index (χ1n) is 6.57. The van der Waals surface area contributed by atoms with Crippen molar-refractivity contribution in [3.63, 3.8) is 0 Å². The van der Waals surface area contributed by atoms with Crippen molar-refractivity contribution in [2.45, 2.75) is 57.0 Å². The van der Waals surface area contributed by atoms with Crippen LogP contribution in [0.15, 0.2) is 0 Å². The van der Waals surface area contributed by atoms with E-state index in [-0.39, 0.29) is 18.9 Å². The molecular weight excluding hydrogens is 250 g/mol. The van der Waals surface area contributed by atoms with Gasteiger partial charge in [-0.25, -0.2) is 9.59 Å². The minimum absolute atomic E-state index is 0.00273. The Morgan fingerprint density at radius 1 is 1.21 bits per heavy atom. The number of rotatable bonds is 6. The molecular formula is C12H21N3O4. The molecule has 7 nitrogen and oxygen atoms in total. The van der Waals surface area contributed by atoms with Gasteiger partial charge < -0.3 is 21.5 Å². The molecule has 0 saturated heterocycles. The molecule has 3 amide bonds. The molecule has 1 saturated carbocycles. The number of amides is 3. The number of carboxylic acids is 1. The molecule has 5 N–H and O–H groups in total. The highest BCUT2D eigenvalue weighted by Gasteiger charge is 2.22. The van der Waals surface area contributed by atoms with Gasteiger partial charge in [0.25, 0.3) is 0 Å². The predicted molar refractivity (Wildman–Crippen MR) is 68.4 cm³/mol. The molecule has 19 heavy (non-hydrogen) atoms. The Morgan fingerprint density at radius 2 is 1.84 bits per heavy atom. The molecule has 1 aliphatic carbocycles. The highest BCUT2D eigenvalue weighted by molar-refractivity contribution is 5.83. The standard InChI is InChI=1S/C12H21N3O4/c13-10(16)7-6-9(11(17)18)15-12(19)14-8-4-2-1-3-5-8/h8-9H,1-7H2,(H2,13,16)(H,17,18)(H2,14,15,19)/t9-/m0/s1. The van der Waals surface area contributed by atoms with Crippen LogP contribution in [0.5, 0.6) is 0 Å². The van der Waals surface area contributed by atoms with E-state index in [4.69, 9.17) is 10.8 Å². The number of nitrogens with one attached hydrogen (secondary N) is 2. The molecule has 0 aromatic rings. The Labute approximate surface area is 111 Å². The lowest BCUT2D eigenvalue weighted by atomic mass is 9.96. The van der Waals surface area contributed by atoms with Crippen molar-refractivity contribution < 1.29 is 19.5 Å². The van der Waals surface area contributed by atoms with Crippen LogP contribution in [0.25, 0.3) is 0 Å². The average molecular weight is 271 g/mol. The van der Waals surface area contributed by atoms with Gasteiger partial charge in [0.2, 0.25) is 5.91 Å². The average Bonchev–Trinajstić information content (AvgIpc) is 2.35. The molecule has 1 rings (SSSR count). The van der Waals surface area contributed by atoms with Crippen molar-refractivity contribution in [2.24, 2.45) is 5.73 Å². The Bertz CT molecular complexity index is 340. The first kappa shape index (κ1) is 15.3. The summed E-state index contributed by atoms with van der Waals surface area (Å²) in [5.41, 5.74) is 4.96. The molecule has 0 heterocycles. The lowest BCUT2D eigenvalue weighted by Gasteiger charge is -2.24. The van der Waals surface area contributed by atoms with Crippen LogP contribution in [-0.4, -0.2) is 35.1 Å². The van der Waals surface area contributed by atoms with E-state index in [1.54, 1.807) is 0 Å². The van der Waals surface area contributed by atoms with Crippen LogP contribution in [0.3, 0.4) is 0 Å². The highest BCUT2D eigenvalue weighted by Crippen LogP contribution is 2.17. The van der Waals surface area contributed by atoms with Crippen molar-refractivity contribution in [2.75, 3.05) is 0 Å². The van der Waals surface area contributed by atoms with Crippen molar-refractivity contribution in [1.29, 1.82) is 0 Å². The Hall–Kier alpha value is -1.79. The van der Waals surface area contributed by atoms with Crippen LogP contribution in [0.2, 0.25) is 0 Å². The third-order valence-electron chi connectivity index (χ3n) is 3.22. The second-order valence-corrected chi connectivity index (χ2v) is 4.85. The smallest absolute Gasteiger partial charge is 0.326 e. The number of carbonyl (C=O) groups is 3. The summed E-state index contributed by atoms with van der Waals surface area (Å²) in [5, 5.41) is 14.1. The van der Waals surface area contributed by atoms with Gasteiger partial charge in [-0.15, -0.1) is 0 Å². The second kappa shape index (κ2) is 7.60. The molecule has 108 valence electrons. The fourth-order valence-corrected chi connectivity index (χ4v) is 2.18. The molecule has 0 aliphatic heterocycles. The van der Waals surface area contributed by atoms with Gasteiger partial charge in [0.05, 0.1) is 0 Å². The SMILES string of the molecule is NC(=O)CC[C@H](NC(=O)NC1CCCCC1)C(=O)O. The molecule has 0 spiro atoms. The van der Waals surface area contributed by atoms with E-state index >= 15 is 0 Å². The summed E-state index contributed by atoms with van der Waals surface area (Å²) in [6.07, 6.45) is 5.11. The van der Waals surface area contributed by atoms with Crippen LogP contribution < -0.4 is 16.4 Å². The number of carbonyl (C=O) groups excluding carboxylic acids is 2. The molecule has 1 fully saturated rings. The fourth-order valence-electron chi connectivity index (χ4n) is 2.18. The van der Waals surface area contributed by atoms with Crippen LogP contribution in [-0.2, 0) is 9.59 Å². The summed E-state index contributed by atoms with van der Waals surface area (Å²) in [6, 6.07) is -1.47. The van der Waals surface area contributed by atoms with Crippen molar-refractivity contribution >= 4 is 17.9 Å². The van der Waals surface area contributed by atoms with Crippen molar-refractivity contribution in [1.82, 2.24) is 10.6 Å². The van der Waals surface area contributed by atoms with E-state index in [1.807, 2.05) is 0 Å². The first-order chi connectivity index (χ1) is 8.99. The van der Waals surface area contributed by atoms with Crippen LogP contribution >= 0.6 is 0 Å². The topological polar surface area (TPSA) is 122 Å². The van der Waals surface area contributed by atoms with E-state index in [0.29, 0.717) is 0 Å². The molecule has 1 atom stereocenters. The number of nitrogens with two attached hydrogens (primary N) is 1. The Kier molecular flexibility index (Phi) is 6.11. The summed E-state index contributed by atoms with van der Waals surface area (Å²) in [5.74, 6) is -1.75. The number of hydrogen-bond donors (Lipinski definition) is 4. The highest BCUT2D eigenvalue weighted by atomic mass is 16.4. The fraction of sp³-hybridized carbons (Fsp3) is 0.750. The number of hydrogen-bond acceptors (Lipinski definition) is 3. The van der Waals surface area contributed by atoms with Gasteiger partial charge in [-0.2, -0.15) is 0 Å². The van der Waals surface area contributed by atoms with Gasteiger partial charge in [0, 0.05) is 12.5 Å². The summed E-state index contributed by atoms with van der Waals surface area (Å²) >= 11 is 0. The normalized spacial score (nSPS) is 17.5. The Balaban J connectivity index is 2.37. The molecule has 0 bridgehead atoms. The largest absolute Gasteiger partial charge is 0.480 e. The molecule has 1 aliphatic rings. The molecule has 0 aromatic heterocycles. The van der Waals surface area contributed by atoms with Crippen molar-refractivity contribution in [3.8, 4) is 0 Å². The Morgan fingerprint density at radius 3 is 2.37 bits per heavy atom. The zero-order chi connectivity index (χ0) is 14.3. The summed E-state index contributed by atoms with van der Waals surface area (Å²) in [6.45, 7) is 0. The lowest BCUT2D eigenvalue weighted by Crippen LogP contribution is -2.49.